The SMILES string of the molecule is CN1[CH-]N(c2[c-]c(Oc3[c-]c4c(cc3)c3ccccc3n4-c3cc(C(C)(C)C)ccn3)cc(C(C)(C)C)c2)C=C1c1ccc(-c2ccccc2)cc1.[Pt]. The van der Waals surface area contributed by atoms with Gasteiger partial charge in [0.25, 0.3) is 0 Å². The zero-order valence-corrected chi connectivity index (χ0v) is 33.5. The van der Waals surface area contributed by atoms with Gasteiger partial charge in [0.15, 0.2) is 0 Å². The number of aromatic nitrogens is 2. The summed E-state index contributed by atoms with van der Waals surface area (Å²) in [6.45, 7) is 15.4. The Morgan fingerprint density at radius 2 is 1.32 bits per heavy atom. The Balaban J connectivity index is 0.00000435. The van der Waals surface area contributed by atoms with Crippen molar-refractivity contribution in [3.05, 3.63) is 163 Å². The summed E-state index contributed by atoms with van der Waals surface area (Å²) in [5, 5.41) is 2.25. The number of nitrogens with zero attached hydrogens (tertiary/aromatic N) is 4. The molecule has 53 heavy (non-hydrogen) atoms. The summed E-state index contributed by atoms with van der Waals surface area (Å²) in [6.07, 6.45) is 4.06. The third-order valence-electron chi connectivity index (χ3n) is 9.82. The summed E-state index contributed by atoms with van der Waals surface area (Å²) in [6, 6.07) is 47.6. The van der Waals surface area contributed by atoms with Crippen LogP contribution in [-0.2, 0) is 31.9 Å². The van der Waals surface area contributed by atoms with Gasteiger partial charge in [0.2, 0.25) is 0 Å². The molecule has 0 unspecified atom stereocenters. The van der Waals surface area contributed by atoms with Crippen molar-refractivity contribution in [3.8, 4) is 28.4 Å². The second-order valence-electron chi connectivity index (χ2n) is 15.7. The summed E-state index contributed by atoms with van der Waals surface area (Å²) in [5.74, 6) is 2.12. The van der Waals surface area contributed by atoms with Gasteiger partial charge in [-0.2, -0.15) is 12.7 Å². The minimum absolute atomic E-state index is 0. The van der Waals surface area contributed by atoms with Gasteiger partial charge in [0.1, 0.15) is 5.82 Å². The van der Waals surface area contributed by atoms with E-state index in [9.17, 15) is 0 Å². The van der Waals surface area contributed by atoms with Crippen LogP contribution in [0, 0.1) is 18.8 Å². The van der Waals surface area contributed by atoms with Crippen molar-refractivity contribution in [1.82, 2.24) is 14.5 Å². The third-order valence-corrected chi connectivity index (χ3v) is 9.82. The van der Waals surface area contributed by atoms with Crippen molar-refractivity contribution in [3.63, 3.8) is 0 Å². The molecule has 7 aromatic rings. The fourth-order valence-electron chi connectivity index (χ4n) is 6.83. The summed E-state index contributed by atoms with van der Waals surface area (Å²) < 4.78 is 8.86. The van der Waals surface area contributed by atoms with Crippen LogP contribution in [0.2, 0.25) is 0 Å². The Morgan fingerprint density at radius 1 is 0.642 bits per heavy atom. The Bertz CT molecular complexity index is 2450. The fraction of sp³-hybridized carbons (Fsp3) is 0.191. The maximum Gasteiger partial charge on any atom is 0.135 e. The number of rotatable bonds is 6. The summed E-state index contributed by atoms with van der Waals surface area (Å²) >= 11 is 0. The summed E-state index contributed by atoms with van der Waals surface area (Å²) in [4.78, 5) is 9.11. The molecule has 6 heteroatoms. The largest absolute Gasteiger partial charge is 0.509 e. The predicted molar refractivity (Wildman–Crippen MR) is 215 cm³/mol. The maximum absolute atomic E-state index is 6.66. The molecule has 270 valence electrons. The molecule has 0 radical (unpaired) electrons. The molecule has 1 aliphatic heterocycles. The van der Waals surface area contributed by atoms with Crippen molar-refractivity contribution >= 4 is 33.2 Å². The van der Waals surface area contributed by atoms with Crippen molar-refractivity contribution in [1.29, 1.82) is 0 Å². The average Bonchev–Trinajstić information content (AvgIpc) is 3.69. The molecule has 5 aromatic carbocycles. The maximum atomic E-state index is 6.66. The number of anilines is 1. The van der Waals surface area contributed by atoms with Gasteiger partial charge in [-0.15, -0.1) is 47.0 Å². The molecule has 0 aliphatic carbocycles. The summed E-state index contributed by atoms with van der Waals surface area (Å²) in [5.41, 5.74) is 9.82. The first-order valence-electron chi connectivity index (χ1n) is 17.8. The van der Waals surface area contributed by atoms with Crippen LogP contribution in [0.5, 0.6) is 11.5 Å². The molecule has 0 fully saturated rings. The molecule has 0 spiro atoms. The Morgan fingerprint density at radius 3 is 2.06 bits per heavy atom. The molecular weight excluding hydrogens is 832 g/mol. The van der Waals surface area contributed by atoms with Crippen LogP contribution in [0.25, 0.3) is 44.4 Å². The van der Waals surface area contributed by atoms with E-state index in [2.05, 4.69) is 191 Å². The van der Waals surface area contributed by atoms with Crippen LogP contribution in [-0.4, -0.2) is 21.5 Å². The van der Waals surface area contributed by atoms with Gasteiger partial charge in [0, 0.05) is 50.0 Å². The summed E-state index contributed by atoms with van der Waals surface area (Å²) in [7, 11) is 2.08. The molecule has 0 N–H and O–H groups in total. The third kappa shape index (κ3) is 7.15. The predicted octanol–water partition coefficient (Wildman–Crippen LogP) is 11.7. The van der Waals surface area contributed by atoms with Crippen LogP contribution >= 0.6 is 0 Å². The van der Waals surface area contributed by atoms with Crippen LogP contribution in [0.3, 0.4) is 0 Å². The average molecular weight is 875 g/mol. The van der Waals surface area contributed by atoms with Crippen molar-refractivity contribution in [2.45, 2.75) is 52.4 Å². The number of benzene rings is 5. The van der Waals surface area contributed by atoms with Gasteiger partial charge in [-0.1, -0.05) is 120 Å². The standard InChI is InChI=1S/C47H43N4O.Pt/c1-46(2,3)35-23-24-48-45(27-35)51-42-16-12-11-15-40(42)41-22-21-38(29-43(41)51)52-39-26-36(47(4,5)6)25-37(28-39)50-30-44(49(7)31-50)34-19-17-33(18-20-34)32-13-9-8-10-14-32;/h8-27,30-31H,1-7H3;/q-3;. The number of ether oxygens (including phenoxy) is 1. The minimum Gasteiger partial charge on any atom is -0.509 e. The first kappa shape index (κ1) is 36.2. The zero-order valence-electron chi connectivity index (χ0n) is 31.2. The van der Waals surface area contributed by atoms with Crippen molar-refractivity contribution in [2.24, 2.45) is 0 Å². The first-order valence-corrected chi connectivity index (χ1v) is 17.8. The number of hydrogen-bond acceptors (Lipinski definition) is 4. The van der Waals surface area contributed by atoms with Crippen LogP contribution in [0.4, 0.5) is 5.69 Å². The van der Waals surface area contributed by atoms with E-state index in [-0.39, 0.29) is 31.9 Å². The van der Waals surface area contributed by atoms with E-state index in [0.29, 0.717) is 11.5 Å². The Labute approximate surface area is 327 Å². The smallest absolute Gasteiger partial charge is 0.135 e. The molecule has 3 heterocycles. The fourth-order valence-corrected chi connectivity index (χ4v) is 6.83. The number of para-hydroxylation sites is 1. The Kier molecular flexibility index (Phi) is 9.59. The first-order chi connectivity index (χ1) is 24.9. The molecule has 0 saturated carbocycles. The number of fused-ring (bicyclic) bond motifs is 3. The second kappa shape index (κ2) is 14.0. The number of hydrogen-bond donors (Lipinski definition) is 0. The van der Waals surface area contributed by atoms with E-state index >= 15 is 0 Å². The normalized spacial score (nSPS) is 13.4. The molecular formula is C47H43N4OPt-3. The van der Waals surface area contributed by atoms with E-state index in [0.717, 1.165) is 50.1 Å². The molecule has 8 rings (SSSR count). The van der Waals surface area contributed by atoms with Crippen LogP contribution in [0.1, 0.15) is 58.2 Å². The molecule has 0 saturated heterocycles. The van der Waals surface area contributed by atoms with E-state index < -0.39 is 0 Å². The molecule has 5 nitrogen and oxygen atoms in total. The van der Waals surface area contributed by atoms with Gasteiger partial charge in [0.05, 0.1) is 0 Å². The Hall–Kier alpha value is -5.12. The molecule has 0 amide bonds. The van der Waals surface area contributed by atoms with Gasteiger partial charge >= 0.3 is 0 Å². The molecule has 2 aromatic heterocycles. The van der Waals surface area contributed by atoms with E-state index in [1.807, 2.05) is 18.3 Å². The van der Waals surface area contributed by atoms with Gasteiger partial charge < -0.3 is 19.1 Å². The molecule has 0 atom stereocenters. The van der Waals surface area contributed by atoms with Gasteiger partial charge in [-0.05, 0) is 69.9 Å². The van der Waals surface area contributed by atoms with Crippen LogP contribution < -0.4 is 9.64 Å². The van der Waals surface area contributed by atoms with Gasteiger partial charge in [-0.25, -0.2) is 4.98 Å². The quantitative estimate of drug-likeness (QED) is 0.156. The molecule has 0 bridgehead atoms. The van der Waals surface area contributed by atoms with Gasteiger partial charge in [-0.3, -0.25) is 0 Å². The second-order valence-corrected chi connectivity index (χ2v) is 15.7. The van der Waals surface area contributed by atoms with Crippen molar-refractivity contribution in [2.75, 3.05) is 11.9 Å². The van der Waals surface area contributed by atoms with Crippen LogP contribution in [0.15, 0.2) is 128 Å². The topological polar surface area (TPSA) is 33.5 Å². The van der Waals surface area contributed by atoms with E-state index in [4.69, 9.17) is 9.72 Å². The molecule has 1 aliphatic rings. The number of pyridine rings is 1. The van der Waals surface area contributed by atoms with Crippen molar-refractivity contribution < 1.29 is 25.8 Å². The minimum atomic E-state index is -0.114. The monoisotopic (exact) mass is 874 g/mol. The zero-order chi connectivity index (χ0) is 36.2. The van der Waals surface area contributed by atoms with E-state index in [1.165, 1.54) is 16.7 Å². The van der Waals surface area contributed by atoms with E-state index in [1.54, 1.807) is 0 Å².